The Bertz CT molecular complexity index is 2090. The zero-order valence-corrected chi connectivity index (χ0v) is 39.9. The van der Waals surface area contributed by atoms with E-state index in [4.69, 9.17) is 20.8 Å². The minimum Gasteiger partial charge on any atom is -0.480 e. The Kier molecular flexibility index (Phi) is 18.1. The quantitative estimate of drug-likeness (QED) is 0.0541. The molecule has 11 N–H and O–H groups in total. The summed E-state index contributed by atoms with van der Waals surface area (Å²) in [7, 11) is -0.696. The molecule has 1 aliphatic heterocycles. The number of nitrogens with one attached hydrogen (secondary N) is 6. The highest BCUT2D eigenvalue weighted by atomic mass is 16.7. The number of rotatable bonds is 24. The molecule has 3 aliphatic carbocycles. The monoisotopic (exact) mass is 931 g/mol. The zero-order chi connectivity index (χ0) is 49.2. The number of amides is 6. The van der Waals surface area contributed by atoms with Crippen molar-refractivity contribution in [3.63, 3.8) is 0 Å². The van der Waals surface area contributed by atoms with Gasteiger partial charge in [-0.2, -0.15) is 0 Å². The van der Waals surface area contributed by atoms with Crippen molar-refractivity contribution in [2.75, 3.05) is 13.1 Å². The number of carboxylic acid groups (broad SMARTS) is 1. The molecule has 18 nitrogen and oxygen atoms in total. The maximum Gasteiger partial charge on any atom is 0.481 e. The Morgan fingerprint density at radius 3 is 1.94 bits per heavy atom. The Morgan fingerprint density at radius 1 is 0.731 bits per heavy atom. The Morgan fingerprint density at radius 2 is 1.34 bits per heavy atom. The van der Waals surface area contributed by atoms with Gasteiger partial charge in [0.15, 0.2) is 0 Å². The summed E-state index contributed by atoms with van der Waals surface area (Å²) in [5.74, 6) is -5.66. The summed E-state index contributed by atoms with van der Waals surface area (Å²) in [6.07, 6.45) is 5.66. The van der Waals surface area contributed by atoms with Gasteiger partial charge in [-0.1, -0.05) is 63.6 Å². The van der Waals surface area contributed by atoms with Gasteiger partial charge in [0, 0.05) is 12.1 Å². The number of nitrogens with two attached hydrogens (primary N) is 2. The molecule has 0 radical (unpaired) electrons. The predicted octanol–water partition coefficient (Wildman–Crippen LogP) is 2.11. The summed E-state index contributed by atoms with van der Waals surface area (Å²) in [6, 6.07) is 8.32. The van der Waals surface area contributed by atoms with Crippen LogP contribution in [0.15, 0.2) is 48.5 Å². The largest absolute Gasteiger partial charge is 0.481 e. The van der Waals surface area contributed by atoms with E-state index in [1.807, 2.05) is 12.1 Å². The van der Waals surface area contributed by atoms with Gasteiger partial charge >= 0.3 is 13.1 Å². The highest BCUT2D eigenvalue weighted by Gasteiger charge is 2.68. The van der Waals surface area contributed by atoms with Crippen LogP contribution in [0.1, 0.15) is 116 Å². The molecule has 2 bridgehead atoms. The fourth-order valence-corrected chi connectivity index (χ4v) is 9.51. The third-order valence-corrected chi connectivity index (χ3v) is 14.0. The van der Waals surface area contributed by atoms with E-state index >= 15 is 0 Å². The third kappa shape index (κ3) is 13.0. The number of hydrogen-bond acceptors (Lipinski definition) is 11. The molecule has 0 aromatic heterocycles. The second-order valence-corrected chi connectivity index (χ2v) is 19.2. The number of carbonyl (C=O) groups excluding carboxylic acids is 6. The summed E-state index contributed by atoms with van der Waals surface area (Å²) in [5.41, 5.74) is 14.6. The van der Waals surface area contributed by atoms with E-state index in [9.17, 15) is 38.7 Å². The van der Waals surface area contributed by atoms with E-state index in [-0.39, 0.29) is 30.0 Å². The van der Waals surface area contributed by atoms with Crippen molar-refractivity contribution in [2.24, 2.45) is 28.7 Å². The van der Waals surface area contributed by atoms with Crippen molar-refractivity contribution in [2.45, 2.75) is 154 Å². The molecule has 19 heteroatoms. The van der Waals surface area contributed by atoms with Crippen LogP contribution in [0.5, 0.6) is 0 Å². The van der Waals surface area contributed by atoms with E-state index in [0.29, 0.717) is 31.2 Å². The van der Waals surface area contributed by atoms with E-state index < -0.39 is 96.7 Å². The molecule has 2 aromatic carbocycles. The van der Waals surface area contributed by atoms with E-state index in [2.05, 4.69) is 71.7 Å². The lowest BCUT2D eigenvalue weighted by molar-refractivity contribution is -0.199. The summed E-state index contributed by atoms with van der Waals surface area (Å²) < 4.78 is 12.9. The minimum absolute atomic E-state index is 0.0918. The van der Waals surface area contributed by atoms with Crippen LogP contribution >= 0.6 is 0 Å². The smallest absolute Gasteiger partial charge is 0.480 e. The molecule has 366 valence electrons. The summed E-state index contributed by atoms with van der Waals surface area (Å²) in [6.45, 7) is 13.1. The number of aliphatic carboxylic acids is 1. The molecule has 4 fully saturated rings. The van der Waals surface area contributed by atoms with Crippen LogP contribution < -0.4 is 43.4 Å². The third-order valence-electron chi connectivity index (χ3n) is 14.0. The van der Waals surface area contributed by atoms with Gasteiger partial charge in [0.05, 0.1) is 24.1 Å². The second-order valence-electron chi connectivity index (χ2n) is 19.2. The van der Waals surface area contributed by atoms with Crippen molar-refractivity contribution < 1.29 is 48.0 Å². The molecule has 3 saturated carbocycles. The average Bonchev–Trinajstić information content (AvgIpc) is 3.67. The minimum atomic E-state index is -1.65. The molecule has 4 aliphatic rings. The van der Waals surface area contributed by atoms with Crippen LogP contribution in [-0.4, -0.2) is 115 Å². The summed E-state index contributed by atoms with van der Waals surface area (Å²) >= 11 is 0. The van der Waals surface area contributed by atoms with Gasteiger partial charge in [0.1, 0.15) is 30.2 Å². The van der Waals surface area contributed by atoms with Crippen molar-refractivity contribution >= 4 is 48.5 Å². The molecule has 10 atom stereocenters. The number of carbonyl (C=O) groups is 7. The first kappa shape index (κ1) is 52.6. The zero-order valence-electron chi connectivity index (χ0n) is 39.9. The van der Waals surface area contributed by atoms with Gasteiger partial charge in [-0.25, -0.2) is 0 Å². The standard InChI is InChI=1S/C48H71BN8O10/c1-8-9-12-30-14-16-31(17-15-30)32-18-20-33(21-19-32)42(60)57-37(26-51)45(63)56-36(25-40(58)52-28(3)46(64)65)44(62)53-27(2)41(59)55-35(13-10-11-22-50)43(61)54-29(4)49-66-39-24-34-23-38(47(34,5)6)48(39,7)67-49/h14-21,27-29,34-39H,8-13,22-26,50-51H2,1-7H3,(H,52,58)(H,53,62)(H,54,61)(H,55,59)(H,56,63)(H,57,60)(H,64,65)/t27-,28+,29-,34-,35-,36?,37-,38-,39?,48-/m0/s1. The molecule has 0 spiro atoms. The van der Waals surface area contributed by atoms with Crippen molar-refractivity contribution in [3.05, 3.63) is 59.7 Å². The van der Waals surface area contributed by atoms with Crippen LogP contribution in [0.2, 0.25) is 0 Å². The highest BCUT2D eigenvalue weighted by molar-refractivity contribution is 6.47. The van der Waals surface area contributed by atoms with E-state index in [1.165, 1.54) is 19.4 Å². The molecule has 6 amide bonds. The SMILES string of the molecule is CCCCc1ccc(-c2ccc(C(=O)N[C@@H](CN)C(=O)NC(CC(=O)N[C@H](C)C(=O)O)C(=O)N[C@@H](C)C(=O)N[C@@H](CCCCN)C(=O)N[C@@H](C)B3OC4C[C@@H]5C[C@@H](C5(C)C)[C@]4(C)O3)cc2)cc1. The fraction of sp³-hybridized carbons (Fsp3) is 0.604. The molecule has 2 unspecified atom stereocenters. The topological polar surface area (TPSA) is 282 Å². The molecule has 2 aromatic rings. The maximum atomic E-state index is 13.8. The number of unbranched alkanes of at least 4 members (excludes halogenated alkanes) is 2. The highest BCUT2D eigenvalue weighted by Crippen LogP contribution is 2.65. The first-order valence-electron chi connectivity index (χ1n) is 23.7. The van der Waals surface area contributed by atoms with Crippen LogP contribution in [0.25, 0.3) is 11.1 Å². The van der Waals surface area contributed by atoms with Gasteiger partial charge in [0.25, 0.3) is 5.91 Å². The first-order valence-corrected chi connectivity index (χ1v) is 23.7. The molecular weight excluding hydrogens is 859 g/mol. The summed E-state index contributed by atoms with van der Waals surface area (Å²) in [4.78, 5) is 92.6. The van der Waals surface area contributed by atoms with Gasteiger partial charge in [-0.3, -0.25) is 33.6 Å². The van der Waals surface area contributed by atoms with Crippen LogP contribution in [-0.2, 0) is 44.5 Å². The Balaban J connectivity index is 1.21. The molecular formula is C48H71BN8O10. The van der Waals surface area contributed by atoms with Gasteiger partial charge in [0.2, 0.25) is 29.5 Å². The lowest BCUT2D eigenvalue weighted by Gasteiger charge is -2.64. The Hall–Kier alpha value is -5.37. The number of aryl methyl sites for hydroxylation is 1. The molecule has 67 heavy (non-hydrogen) atoms. The first-order chi connectivity index (χ1) is 31.7. The fourth-order valence-electron chi connectivity index (χ4n) is 9.51. The molecule has 6 rings (SSSR count). The van der Waals surface area contributed by atoms with Crippen LogP contribution in [0, 0.1) is 17.3 Å². The van der Waals surface area contributed by atoms with E-state index in [1.54, 1.807) is 31.2 Å². The number of benzene rings is 2. The van der Waals surface area contributed by atoms with Gasteiger partial charge in [-0.15, -0.1) is 0 Å². The van der Waals surface area contributed by atoms with E-state index in [0.717, 1.165) is 43.2 Å². The van der Waals surface area contributed by atoms with Crippen LogP contribution in [0.3, 0.4) is 0 Å². The number of hydrogen-bond donors (Lipinski definition) is 9. The lowest BCUT2D eigenvalue weighted by atomic mass is 9.43. The number of carboxylic acids is 1. The molecule has 1 saturated heterocycles. The average molecular weight is 931 g/mol. The second kappa shape index (κ2) is 23.1. The Labute approximate surface area is 394 Å². The van der Waals surface area contributed by atoms with Crippen LogP contribution in [0.4, 0.5) is 0 Å². The van der Waals surface area contributed by atoms with Crippen molar-refractivity contribution in [1.29, 1.82) is 0 Å². The lowest BCUT2D eigenvalue weighted by Crippen LogP contribution is -2.65. The van der Waals surface area contributed by atoms with Gasteiger partial charge < -0.3 is 57.8 Å². The van der Waals surface area contributed by atoms with Crippen molar-refractivity contribution in [3.8, 4) is 11.1 Å². The maximum absolute atomic E-state index is 13.8. The summed E-state index contributed by atoms with van der Waals surface area (Å²) in [5, 5.41) is 24.8. The predicted molar refractivity (Wildman–Crippen MR) is 253 cm³/mol. The molecule has 1 heterocycles. The normalized spacial score (nSPS) is 22.8. The van der Waals surface area contributed by atoms with Gasteiger partial charge in [-0.05, 0) is 125 Å². The van der Waals surface area contributed by atoms with Crippen molar-refractivity contribution in [1.82, 2.24) is 31.9 Å².